The van der Waals surface area contributed by atoms with Crippen LogP contribution < -0.4 is 0 Å². The van der Waals surface area contributed by atoms with Crippen molar-refractivity contribution in [1.82, 2.24) is 9.55 Å². The van der Waals surface area contributed by atoms with Crippen LogP contribution in [0.5, 0.6) is 0 Å². The van der Waals surface area contributed by atoms with Gasteiger partial charge in [0.05, 0.1) is 6.42 Å². The highest BCUT2D eigenvalue weighted by molar-refractivity contribution is 5.73. The van der Waals surface area contributed by atoms with E-state index in [4.69, 9.17) is 9.47 Å². The van der Waals surface area contributed by atoms with Crippen LogP contribution in [0.15, 0.2) is 18.7 Å². The van der Waals surface area contributed by atoms with Crippen LogP contribution in [-0.4, -0.2) is 32.8 Å². The summed E-state index contributed by atoms with van der Waals surface area (Å²) in [5, 5.41) is 0. The molecule has 1 rings (SSSR count). The van der Waals surface area contributed by atoms with Crippen LogP contribution in [0.1, 0.15) is 41.0 Å². The van der Waals surface area contributed by atoms with Crippen molar-refractivity contribution < 1.29 is 19.1 Å². The first kappa shape index (κ1) is 15.2. The molecule has 0 saturated carbocycles. The first-order valence-electron chi connectivity index (χ1n) is 6.02. The van der Waals surface area contributed by atoms with Gasteiger partial charge in [0.15, 0.2) is 0 Å². The van der Waals surface area contributed by atoms with Crippen LogP contribution in [0.3, 0.4) is 0 Å². The molecule has 0 saturated heterocycles. The highest BCUT2D eigenvalue weighted by Gasteiger charge is 2.29. The number of ether oxygens (including phenoxy) is 2. The third kappa shape index (κ3) is 5.54. The van der Waals surface area contributed by atoms with Gasteiger partial charge in [0.1, 0.15) is 17.5 Å². The number of nitrogens with zero attached hydrogens (tertiary/aromatic N) is 2. The second kappa shape index (κ2) is 5.42. The summed E-state index contributed by atoms with van der Waals surface area (Å²) < 4.78 is 11.7. The predicted molar refractivity (Wildman–Crippen MR) is 68.6 cm³/mol. The molecule has 0 bridgehead atoms. The summed E-state index contributed by atoms with van der Waals surface area (Å²) >= 11 is 0. The molecule has 0 aromatic carbocycles. The Balaban J connectivity index is 2.56. The smallest absolute Gasteiger partial charge is 0.419 e. The van der Waals surface area contributed by atoms with E-state index in [0.29, 0.717) is 0 Å². The number of rotatable bonds is 3. The standard InChI is InChI=1S/C13H20N2O4/c1-12(2,3)18-10(16)8-13(4,5)19-11(17)15-7-6-14-9-15/h6-7,9H,8H2,1-5H3. The molecule has 0 unspecified atom stereocenters. The third-order valence-electron chi connectivity index (χ3n) is 2.07. The molecule has 0 aliphatic heterocycles. The number of carbonyl (C=O) groups is 2. The highest BCUT2D eigenvalue weighted by Crippen LogP contribution is 2.19. The maximum absolute atomic E-state index is 11.7. The quantitative estimate of drug-likeness (QED) is 0.787. The van der Waals surface area contributed by atoms with E-state index in [1.165, 1.54) is 23.3 Å². The van der Waals surface area contributed by atoms with E-state index in [2.05, 4.69) is 4.98 Å². The zero-order valence-electron chi connectivity index (χ0n) is 12.0. The molecule has 0 radical (unpaired) electrons. The minimum Gasteiger partial charge on any atom is -0.460 e. The van der Waals surface area contributed by atoms with Crippen LogP contribution in [0.4, 0.5) is 4.79 Å². The van der Waals surface area contributed by atoms with Crippen LogP contribution in [0.2, 0.25) is 0 Å². The predicted octanol–water partition coefficient (Wildman–Crippen LogP) is 2.38. The molecule has 0 spiro atoms. The van der Waals surface area contributed by atoms with Crippen LogP contribution in [-0.2, 0) is 14.3 Å². The van der Waals surface area contributed by atoms with Crippen molar-refractivity contribution in [2.75, 3.05) is 0 Å². The molecule has 106 valence electrons. The van der Waals surface area contributed by atoms with Crippen molar-refractivity contribution in [3.8, 4) is 0 Å². The van der Waals surface area contributed by atoms with Crippen LogP contribution in [0, 0.1) is 0 Å². The number of hydrogen-bond donors (Lipinski definition) is 0. The van der Waals surface area contributed by atoms with E-state index in [-0.39, 0.29) is 6.42 Å². The van der Waals surface area contributed by atoms with Gasteiger partial charge in [-0.1, -0.05) is 0 Å². The molecule has 0 fully saturated rings. The molecule has 6 nitrogen and oxygen atoms in total. The largest absolute Gasteiger partial charge is 0.460 e. The molecule has 0 N–H and O–H groups in total. The third-order valence-corrected chi connectivity index (χ3v) is 2.07. The maximum Gasteiger partial charge on any atom is 0.419 e. The molecule has 0 aliphatic carbocycles. The second-order valence-corrected chi connectivity index (χ2v) is 5.86. The van der Waals surface area contributed by atoms with Gasteiger partial charge in [-0.05, 0) is 34.6 Å². The monoisotopic (exact) mass is 268 g/mol. The minimum atomic E-state index is -0.941. The Morgan fingerprint density at radius 2 is 1.79 bits per heavy atom. The topological polar surface area (TPSA) is 70.4 Å². The minimum absolute atomic E-state index is 0.00922. The van der Waals surface area contributed by atoms with E-state index in [0.717, 1.165) is 0 Å². The SMILES string of the molecule is CC(C)(C)OC(=O)CC(C)(C)OC(=O)n1ccnc1. The second-order valence-electron chi connectivity index (χ2n) is 5.86. The highest BCUT2D eigenvalue weighted by atomic mass is 16.6. The van der Waals surface area contributed by atoms with Gasteiger partial charge in [0.25, 0.3) is 0 Å². The van der Waals surface area contributed by atoms with E-state index in [1.54, 1.807) is 34.6 Å². The fourth-order valence-corrected chi connectivity index (χ4v) is 1.42. The maximum atomic E-state index is 11.7. The van der Waals surface area contributed by atoms with Crippen LogP contribution >= 0.6 is 0 Å². The van der Waals surface area contributed by atoms with Crippen LogP contribution in [0.25, 0.3) is 0 Å². The summed E-state index contributed by atoms with van der Waals surface area (Å²) in [5.74, 6) is -0.407. The van der Waals surface area contributed by atoms with Gasteiger partial charge in [0, 0.05) is 12.4 Å². The van der Waals surface area contributed by atoms with Crippen molar-refractivity contribution in [2.45, 2.75) is 52.2 Å². The molecule has 0 amide bonds. The summed E-state index contributed by atoms with van der Waals surface area (Å²) in [5.41, 5.74) is -1.49. The van der Waals surface area contributed by atoms with Crippen molar-refractivity contribution >= 4 is 12.1 Å². The number of imidazole rings is 1. The molecule has 19 heavy (non-hydrogen) atoms. The average Bonchev–Trinajstić information content (AvgIpc) is 2.63. The van der Waals surface area contributed by atoms with Crippen molar-refractivity contribution in [1.29, 1.82) is 0 Å². The van der Waals surface area contributed by atoms with Crippen molar-refractivity contribution in [2.24, 2.45) is 0 Å². The Kier molecular flexibility index (Phi) is 4.34. The van der Waals surface area contributed by atoms with E-state index in [1.807, 2.05) is 0 Å². The molecule has 6 heteroatoms. The van der Waals surface area contributed by atoms with Gasteiger partial charge in [-0.15, -0.1) is 0 Å². The Morgan fingerprint density at radius 3 is 2.26 bits per heavy atom. The van der Waals surface area contributed by atoms with Crippen molar-refractivity contribution in [3.63, 3.8) is 0 Å². The summed E-state index contributed by atoms with van der Waals surface area (Å²) in [4.78, 5) is 27.2. The Bertz CT molecular complexity index is 444. The van der Waals surface area contributed by atoms with Gasteiger partial charge in [-0.3, -0.25) is 4.79 Å². The zero-order valence-corrected chi connectivity index (χ0v) is 12.0. The lowest BCUT2D eigenvalue weighted by molar-refractivity contribution is -0.159. The lowest BCUT2D eigenvalue weighted by atomic mass is 10.1. The average molecular weight is 268 g/mol. The number of hydrogen-bond acceptors (Lipinski definition) is 5. The lowest BCUT2D eigenvalue weighted by Gasteiger charge is -2.26. The summed E-state index contributed by atoms with van der Waals surface area (Å²) in [7, 11) is 0. The van der Waals surface area contributed by atoms with E-state index >= 15 is 0 Å². The summed E-state index contributed by atoms with van der Waals surface area (Å²) in [6.45, 7) is 8.68. The molecular formula is C13H20N2O4. The van der Waals surface area contributed by atoms with Gasteiger partial charge in [-0.2, -0.15) is 0 Å². The molecule has 0 aliphatic rings. The molecular weight excluding hydrogens is 248 g/mol. The molecule has 1 heterocycles. The van der Waals surface area contributed by atoms with Gasteiger partial charge < -0.3 is 9.47 Å². The van der Waals surface area contributed by atoms with Crippen molar-refractivity contribution in [3.05, 3.63) is 18.7 Å². The number of aromatic nitrogens is 2. The number of carbonyl (C=O) groups excluding carboxylic acids is 2. The molecule has 1 aromatic heterocycles. The summed E-state index contributed by atoms with van der Waals surface area (Å²) in [6.07, 6.45) is 3.70. The van der Waals surface area contributed by atoms with E-state index in [9.17, 15) is 9.59 Å². The lowest BCUT2D eigenvalue weighted by Crippen LogP contribution is -2.35. The molecule has 0 atom stereocenters. The first-order chi connectivity index (χ1) is 8.59. The number of esters is 1. The Hall–Kier alpha value is -1.85. The van der Waals surface area contributed by atoms with Gasteiger partial charge in [-0.25, -0.2) is 14.3 Å². The normalized spacial score (nSPS) is 12.1. The fourth-order valence-electron chi connectivity index (χ4n) is 1.42. The Morgan fingerprint density at radius 1 is 1.16 bits per heavy atom. The zero-order chi connectivity index (χ0) is 14.7. The summed E-state index contributed by atoms with van der Waals surface area (Å²) in [6, 6.07) is 0. The van der Waals surface area contributed by atoms with Gasteiger partial charge in [0.2, 0.25) is 0 Å². The fraction of sp³-hybridized carbons (Fsp3) is 0.615. The molecule has 1 aromatic rings. The Labute approximate surface area is 112 Å². The van der Waals surface area contributed by atoms with E-state index < -0.39 is 23.3 Å². The van der Waals surface area contributed by atoms with Gasteiger partial charge >= 0.3 is 12.1 Å². The first-order valence-corrected chi connectivity index (χ1v) is 6.02.